The van der Waals surface area contributed by atoms with Gasteiger partial charge in [0.1, 0.15) is 0 Å². The van der Waals surface area contributed by atoms with Crippen LogP contribution in [0.3, 0.4) is 0 Å². The molecular weight excluding hydrogens is 294 g/mol. The van der Waals surface area contributed by atoms with Gasteiger partial charge in [0.2, 0.25) is 0 Å². The minimum atomic E-state index is -0.826. The molecule has 0 saturated carbocycles. The van der Waals surface area contributed by atoms with Crippen molar-refractivity contribution in [1.82, 2.24) is 0 Å². The van der Waals surface area contributed by atoms with E-state index in [1.807, 2.05) is 0 Å². The van der Waals surface area contributed by atoms with E-state index in [1.165, 1.54) is 22.3 Å². The Labute approximate surface area is 104 Å². The fourth-order valence-electron chi connectivity index (χ4n) is 1.63. The van der Waals surface area contributed by atoms with Gasteiger partial charge >= 0.3 is 37.9 Å². The number of benzene rings is 1. The van der Waals surface area contributed by atoms with Crippen molar-refractivity contribution in [2.24, 2.45) is 0 Å². The number of halogens is 2. The van der Waals surface area contributed by atoms with E-state index in [4.69, 9.17) is 17.0 Å². The second kappa shape index (κ2) is 6.10. The summed E-state index contributed by atoms with van der Waals surface area (Å²) in [4.78, 5) is 0. The Morgan fingerprint density at radius 1 is 1.21 bits per heavy atom. The van der Waals surface area contributed by atoms with Crippen LogP contribution in [-0.4, -0.2) is 0 Å². The molecule has 3 heteroatoms. The normalized spacial score (nSPS) is 12.4. The maximum atomic E-state index is 4.93. The molecule has 0 atom stereocenters. The zero-order valence-corrected chi connectivity index (χ0v) is 12.2. The van der Waals surface area contributed by atoms with Gasteiger partial charge in [0.05, 0.1) is 0 Å². The summed E-state index contributed by atoms with van der Waals surface area (Å²) in [6.45, 7) is 4.33. The van der Waals surface area contributed by atoms with Crippen molar-refractivity contribution < 1.29 is 20.8 Å². The van der Waals surface area contributed by atoms with E-state index in [9.17, 15) is 0 Å². The fourth-order valence-corrected chi connectivity index (χ4v) is 1.63. The Hall–Kier alpha value is 0.423. The number of allylic oxidation sites excluding steroid dienone is 1. The van der Waals surface area contributed by atoms with Gasteiger partial charge < -0.3 is 0 Å². The van der Waals surface area contributed by atoms with Crippen LogP contribution in [0.5, 0.6) is 0 Å². The van der Waals surface area contributed by atoms with E-state index in [0.717, 1.165) is 6.42 Å². The quantitative estimate of drug-likeness (QED) is 0.669. The van der Waals surface area contributed by atoms with Gasteiger partial charge in [-0.05, 0) is 31.4 Å². The predicted molar refractivity (Wildman–Crippen MR) is 60.2 cm³/mol. The molecule has 1 aromatic rings. The van der Waals surface area contributed by atoms with Gasteiger partial charge in [0, 0.05) is 0 Å². The van der Waals surface area contributed by atoms with Gasteiger partial charge in [-0.2, -0.15) is 0 Å². The van der Waals surface area contributed by atoms with Gasteiger partial charge in [-0.1, -0.05) is 35.4 Å². The van der Waals surface area contributed by atoms with Crippen molar-refractivity contribution in [3.63, 3.8) is 0 Å². The van der Waals surface area contributed by atoms with Crippen LogP contribution in [0.1, 0.15) is 23.6 Å². The number of hydrogen-bond acceptors (Lipinski definition) is 0. The Morgan fingerprint density at radius 2 is 1.86 bits per heavy atom. The molecule has 0 amide bonds. The van der Waals surface area contributed by atoms with E-state index in [0.29, 0.717) is 0 Å². The maximum absolute atomic E-state index is 4.93. The SMILES string of the molecule is CC1=Cc2cc(C)ccc2C1.[Cl][Zr][Cl]. The summed E-state index contributed by atoms with van der Waals surface area (Å²) in [5.41, 5.74) is 5.73. The summed E-state index contributed by atoms with van der Waals surface area (Å²) in [7, 11) is 9.87. The molecule has 0 nitrogen and oxygen atoms in total. The van der Waals surface area contributed by atoms with Crippen LogP contribution in [0.2, 0.25) is 0 Å². The zero-order valence-electron chi connectivity index (χ0n) is 8.27. The van der Waals surface area contributed by atoms with E-state index >= 15 is 0 Å². The van der Waals surface area contributed by atoms with Crippen molar-refractivity contribution in [2.45, 2.75) is 20.3 Å². The van der Waals surface area contributed by atoms with E-state index < -0.39 is 20.8 Å². The van der Waals surface area contributed by atoms with Gasteiger partial charge in [-0.25, -0.2) is 0 Å². The molecule has 0 radical (unpaired) electrons. The first kappa shape index (κ1) is 12.5. The molecule has 0 bridgehead atoms. The van der Waals surface area contributed by atoms with Gasteiger partial charge in [-0.15, -0.1) is 0 Å². The number of aryl methyl sites for hydroxylation is 1. The topological polar surface area (TPSA) is 0 Å². The first-order valence-electron chi connectivity index (χ1n) is 4.40. The molecule has 0 aromatic heterocycles. The number of rotatable bonds is 0. The summed E-state index contributed by atoms with van der Waals surface area (Å²) >= 11 is -0.826. The van der Waals surface area contributed by atoms with E-state index in [1.54, 1.807) is 0 Å². The first-order chi connectivity index (χ1) is 6.67. The van der Waals surface area contributed by atoms with Crippen LogP contribution < -0.4 is 0 Å². The molecule has 1 aromatic carbocycles. The molecule has 74 valence electrons. The number of hydrogen-bond donors (Lipinski definition) is 0. The van der Waals surface area contributed by atoms with Crippen LogP contribution in [0.25, 0.3) is 6.08 Å². The molecule has 14 heavy (non-hydrogen) atoms. The third kappa shape index (κ3) is 3.53. The monoisotopic (exact) mass is 304 g/mol. The predicted octanol–water partition coefficient (Wildman–Crippen LogP) is 4.33. The Kier molecular flexibility index (Phi) is 5.45. The molecule has 0 spiro atoms. The summed E-state index contributed by atoms with van der Waals surface area (Å²) < 4.78 is 0. The molecule has 1 aliphatic rings. The van der Waals surface area contributed by atoms with Crippen LogP contribution in [0, 0.1) is 6.92 Å². The fraction of sp³-hybridized carbons (Fsp3) is 0.273. The van der Waals surface area contributed by atoms with Crippen molar-refractivity contribution in [3.8, 4) is 0 Å². The molecule has 1 aliphatic carbocycles. The van der Waals surface area contributed by atoms with Crippen molar-refractivity contribution in [1.29, 1.82) is 0 Å². The average molecular weight is 306 g/mol. The summed E-state index contributed by atoms with van der Waals surface area (Å²) in [6.07, 6.45) is 3.43. The Morgan fingerprint density at radius 3 is 2.50 bits per heavy atom. The van der Waals surface area contributed by atoms with Gasteiger partial charge in [0.25, 0.3) is 0 Å². The average Bonchev–Trinajstić information content (AvgIpc) is 2.45. The van der Waals surface area contributed by atoms with E-state index in [-0.39, 0.29) is 0 Å². The third-order valence-corrected chi connectivity index (χ3v) is 2.17. The van der Waals surface area contributed by atoms with Gasteiger partial charge in [0.15, 0.2) is 0 Å². The van der Waals surface area contributed by atoms with Gasteiger partial charge in [-0.3, -0.25) is 0 Å². The molecule has 2 rings (SSSR count). The van der Waals surface area contributed by atoms with Crippen molar-refractivity contribution >= 4 is 23.1 Å². The zero-order chi connectivity index (χ0) is 10.6. The molecular formula is C11H12Cl2Zr. The Balaban J connectivity index is 0.000000293. The number of fused-ring (bicyclic) bond motifs is 1. The first-order valence-corrected chi connectivity index (χ1v) is 10.7. The van der Waals surface area contributed by atoms with Crippen molar-refractivity contribution in [3.05, 3.63) is 40.5 Å². The molecule has 0 saturated heterocycles. The molecule has 0 unspecified atom stereocenters. The second-order valence-electron chi connectivity index (χ2n) is 3.44. The summed E-state index contributed by atoms with van der Waals surface area (Å²) in [6, 6.07) is 6.68. The molecule has 0 fully saturated rings. The second-order valence-corrected chi connectivity index (χ2v) is 7.17. The van der Waals surface area contributed by atoms with Crippen LogP contribution >= 0.6 is 17.0 Å². The molecule has 0 aliphatic heterocycles. The van der Waals surface area contributed by atoms with Crippen LogP contribution in [0.4, 0.5) is 0 Å². The van der Waals surface area contributed by atoms with Crippen LogP contribution in [-0.2, 0) is 27.3 Å². The van der Waals surface area contributed by atoms with Crippen molar-refractivity contribution in [2.75, 3.05) is 0 Å². The summed E-state index contributed by atoms with van der Waals surface area (Å²) in [5, 5.41) is 0. The Bertz CT molecular complexity index is 345. The molecule has 0 heterocycles. The third-order valence-electron chi connectivity index (χ3n) is 2.17. The minimum absolute atomic E-state index is 0.826. The molecule has 0 N–H and O–H groups in total. The standard InChI is InChI=1S/C11H12.2ClH.Zr/c1-8-3-4-10-6-9(2)7-11(10)5-8;;;/h3-5,7H,6H2,1-2H3;2*1H;/q;;;+2/p-2. The summed E-state index contributed by atoms with van der Waals surface area (Å²) in [5.74, 6) is 0. The van der Waals surface area contributed by atoms with E-state index in [2.05, 4.69) is 38.1 Å². The van der Waals surface area contributed by atoms with Crippen LogP contribution in [0.15, 0.2) is 23.8 Å².